The molecule has 2 amide bonds. The third-order valence-electron chi connectivity index (χ3n) is 3.22. The van der Waals surface area contributed by atoms with Crippen LogP contribution in [0.1, 0.15) is 16.6 Å². The average Bonchev–Trinajstić information content (AvgIpc) is 3.19. The van der Waals surface area contributed by atoms with Gasteiger partial charge in [0.25, 0.3) is 0 Å². The van der Waals surface area contributed by atoms with Gasteiger partial charge in [0, 0.05) is 5.38 Å². The first-order valence-electron chi connectivity index (χ1n) is 7.10. The molecule has 0 saturated carbocycles. The van der Waals surface area contributed by atoms with Gasteiger partial charge in [-0.15, -0.1) is 11.3 Å². The summed E-state index contributed by atoms with van der Waals surface area (Å²) in [7, 11) is 0. The first-order valence-corrected chi connectivity index (χ1v) is 8.36. The third kappa shape index (κ3) is 4.04. The normalized spacial score (nSPS) is 10.5. The minimum absolute atomic E-state index is 0.0164. The number of amides is 2. The number of benzene rings is 1. The summed E-state index contributed by atoms with van der Waals surface area (Å²) in [6, 6.07) is 4.86. The number of carbonyl (C=O) groups excluding carboxylic acids is 2. The van der Waals surface area contributed by atoms with Gasteiger partial charge >= 0.3 is 6.03 Å². The zero-order chi connectivity index (χ0) is 18.0. The van der Waals surface area contributed by atoms with Crippen molar-refractivity contribution >= 4 is 46.1 Å². The molecule has 9 heteroatoms. The number of halogens is 2. The lowest BCUT2D eigenvalue weighted by molar-refractivity contribution is 0.102. The lowest BCUT2D eigenvalue weighted by Crippen LogP contribution is -2.19. The van der Waals surface area contributed by atoms with Crippen LogP contribution in [0.5, 0.6) is 0 Å². The van der Waals surface area contributed by atoms with Gasteiger partial charge in [0.1, 0.15) is 5.82 Å². The van der Waals surface area contributed by atoms with Gasteiger partial charge in [-0.25, -0.2) is 13.9 Å². The fraction of sp³-hybridized carbons (Fsp3) is 0.0625. The van der Waals surface area contributed by atoms with E-state index in [9.17, 15) is 14.0 Å². The highest BCUT2D eigenvalue weighted by atomic mass is 35.5. The van der Waals surface area contributed by atoms with Gasteiger partial charge in [0.2, 0.25) is 0 Å². The summed E-state index contributed by atoms with van der Waals surface area (Å²) in [5.41, 5.74) is 1.47. The van der Waals surface area contributed by atoms with E-state index in [4.69, 9.17) is 11.6 Å². The monoisotopic (exact) mass is 378 g/mol. The number of nitrogens with one attached hydrogen (secondary N) is 2. The maximum Gasteiger partial charge on any atom is 0.323 e. The molecule has 0 saturated heterocycles. The van der Waals surface area contributed by atoms with Crippen LogP contribution in [0.4, 0.5) is 20.6 Å². The molecular weight excluding hydrogens is 367 g/mol. The highest BCUT2D eigenvalue weighted by molar-refractivity contribution is 7.12. The Balaban J connectivity index is 1.68. The number of Topliss-reactive ketones (excluding diaryl/α,β-unsaturated/α-hetero) is 1. The summed E-state index contributed by atoms with van der Waals surface area (Å²) in [5.74, 6) is -0.504. The number of hydrogen-bond donors (Lipinski definition) is 2. The van der Waals surface area contributed by atoms with Crippen LogP contribution in [-0.4, -0.2) is 21.6 Å². The van der Waals surface area contributed by atoms with Gasteiger partial charge in [-0.3, -0.25) is 4.79 Å². The van der Waals surface area contributed by atoms with E-state index in [-0.39, 0.29) is 16.5 Å². The Morgan fingerprint density at radius 1 is 1.28 bits per heavy atom. The third-order valence-corrected chi connectivity index (χ3v) is 4.55. The van der Waals surface area contributed by atoms with Crippen molar-refractivity contribution in [1.82, 2.24) is 9.78 Å². The van der Waals surface area contributed by atoms with Crippen molar-refractivity contribution in [3.05, 3.63) is 57.8 Å². The van der Waals surface area contributed by atoms with Crippen LogP contribution in [0, 0.1) is 5.82 Å². The Labute approximate surface area is 151 Å². The molecule has 2 aromatic heterocycles. The predicted octanol–water partition coefficient (Wildman–Crippen LogP) is 4.57. The van der Waals surface area contributed by atoms with E-state index < -0.39 is 11.8 Å². The molecule has 0 aliphatic heterocycles. The van der Waals surface area contributed by atoms with Gasteiger partial charge in [-0.05, 0) is 31.2 Å². The summed E-state index contributed by atoms with van der Waals surface area (Å²) < 4.78 is 14.5. The molecule has 0 aliphatic rings. The van der Waals surface area contributed by atoms with E-state index in [1.54, 1.807) is 22.3 Å². The van der Waals surface area contributed by atoms with E-state index in [1.165, 1.54) is 36.6 Å². The number of thiophene rings is 1. The number of ketones is 1. The van der Waals surface area contributed by atoms with Gasteiger partial charge in [0.05, 0.1) is 39.4 Å². The Bertz CT molecular complexity index is 953. The predicted molar refractivity (Wildman–Crippen MR) is 95.5 cm³/mol. The molecule has 0 atom stereocenters. The van der Waals surface area contributed by atoms with Crippen LogP contribution in [-0.2, 0) is 0 Å². The molecule has 0 bridgehead atoms. The number of hydrogen-bond acceptors (Lipinski definition) is 4. The largest absolute Gasteiger partial charge is 0.323 e. The second-order valence-electron chi connectivity index (χ2n) is 5.10. The summed E-state index contributed by atoms with van der Waals surface area (Å²) in [5, 5.41) is 11.2. The van der Waals surface area contributed by atoms with E-state index in [1.807, 2.05) is 0 Å². The van der Waals surface area contributed by atoms with Crippen molar-refractivity contribution in [2.45, 2.75) is 6.92 Å². The fourth-order valence-electron chi connectivity index (χ4n) is 2.04. The first kappa shape index (κ1) is 17.1. The maximum absolute atomic E-state index is 13.0. The molecule has 2 N–H and O–H groups in total. The Morgan fingerprint density at radius 3 is 2.76 bits per heavy atom. The van der Waals surface area contributed by atoms with E-state index in [0.29, 0.717) is 10.6 Å². The van der Waals surface area contributed by atoms with Gasteiger partial charge in [-0.2, -0.15) is 5.10 Å². The van der Waals surface area contributed by atoms with E-state index in [0.717, 1.165) is 11.8 Å². The molecule has 3 aromatic rings. The number of nitrogens with zero attached hydrogens (tertiary/aromatic N) is 2. The van der Waals surface area contributed by atoms with Crippen molar-refractivity contribution in [3.63, 3.8) is 0 Å². The lowest BCUT2D eigenvalue weighted by Gasteiger charge is -2.07. The van der Waals surface area contributed by atoms with E-state index >= 15 is 0 Å². The summed E-state index contributed by atoms with van der Waals surface area (Å²) in [6.07, 6.45) is 3.08. The topological polar surface area (TPSA) is 76.0 Å². The molecule has 3 rings (SSSR count). The molecule has 128 valence electrons. The number of rotatable bonds is 4. The SMILES string of the molecule is CC(=O)c1cc(-n2cc(NC(=O)Nc3ccc(F)cc3Cl)cn2)cs1. The molecular formula is C16H12ClFN4O2S. The quantitative estimate of drug-likeness (QED) is 0.653. The molecule has 2 heterocycles. The standard InChI is InChI=1S/C16H12ClFN4O2S/c1-9(23)15-5-12(8-25-15)22-7-11(6-19-22)20-16(24)21-14-3-2-10(18)4-13(14)17/h2-8H,1H3,(H2,20,21,24). The zero-order valence-corrected chi connectivity index (χ0v) is 14.5. The van der Waals surface area contributed by atoms with Crippen LogP contribution in [0.3, 0.4) is 0 Å². The fourth-order valence-corrected chi connectivity index (χ4v) is 3.03. The van der Waals surface area contributed by atoms with Crippen LogP contribution >= 0.6 is 22.9 Å². The first-order chi connectivity index (χ1) is 11.9. The van der Waals surface area contributed by atoms with Crippen molar-refractivity contribution in [2.24, 2.45) is 0 Å². The Kier molecular flexibility index (Phi) is 4.82. The maximum atomic E-state index is 13.0. The van der Waals surface area contributed by atoms with Crippen molar-refractivity contribution in [2.75, 3.05) is 10.6 Å². The minimum Gasteiger partial charge on any atom is -0.306 e. The Morgan fingerprint density at radius 2 is 2.08 bits per heavy atom. The molecule has 0 fully saturated rings. The lowest BCUT2D eigenvalue weighted by atomic mass is 10.3. The van der Waals surface area contributed by atoms with Crippen LogP contribution < -0.4 is 10.6 Å². The summed E-state index contributed by atoms with van der Waals surface area (Å²) >= 11 is 7.19. The van der Waals surface area contributed by atoms with Crippen LogP contribution in [0.25, 0.3) is 5.69 Å². The van der Waals surface area contributed by atoms with Gasteiger partial charge in [0.15, 0.2) is 5.78 Å². The number of urea groups is 1. The number of aromatic nitrogens is 2. The Hall–Kier alpha value is -2.71. The van der Waals surface area contributed by atoms with Crippen molar-refractivity contribution < 1.29 is 14.0 Å². The smallest absolute Gasteiger partial charge is 0.306 e. The molecule has 0 unspecified atom stereocenters. The molecule has 0 spiro atoms. The summed E-state index contributed by atoms with van der Waals surface area (Å²) in [6.45, 7) is 1.50. The van der Waals surface area contributed by atoms with Crippen molar-refractivity contribution in [1.29, 1.82) is 0 Å². The van der Waals surface area contributed by atoms with Gasteiger partial charge in [-0.1, -0.05) is 11.6 Å². The van der Waals surface area contributed by atoms with Crippen molar-refractivity contribution in [3.8, 4) is 5.69 Å². The zero-order valence-electron chi connectivity index (χ0n) is 12.9. The van der Waals surface area contributed by atoms with E-state index in [2.05, 4.69) is 15.7 Å². The second-order valence-corrected chi connectivity index (χ2v) is 6.42. The molecule has 25 heavy (non-hydrogen) atoms. The number of carbonyl (C=O) groups is 2. The van der Waals surface area contributed by atoms with Gasteiger partial charge < -0.3 is 10.6 Å². The molecule has 0 radical (unpaired) electrons. The highest BCUT2D eigenvalue weighted by Crippen LogP contribution is 2.23. The average molecular weight is 379 g/mol. The highest BCUT2D eigenvalue weighted by Gasteiger charge is 2.10. The van der Waals surface area contributed by atoms with Crippen LogP contribution in [0.2, 0.25) is 5.02 Å². The van der Waals surface area contributed by atoms with Crippen LogP contribution in [0.15, 0.2) is 42.0 Å². The minimum atomic E-state index is -0.539. The number of anilines is 2. The molecule has 1 aromatic carbocycles. The molecule has 6 nitrogen and oxygen atoms in total. The second kappa shape index (κ2) is 7.04. The molecule has 0 aliphatic carbocycles. The summed E-state index contributed by atoms with van der Waals surface area (Å²) in [4.78, 5) is 24.0.